The molecule has 0 aliphatic carbocycles. The molecule has 350 valence electrons. The van der Waals surface area contributed by atoms with Gasteiger partial charge in [-0.25, -0.2) is 9.59 Å². The highest BCUT2D eigenvalue weighted by atomic mass is 16.5. The molecule has 0 aromatic heterocycles. The lowest BCUT2D eigenvalue weighted by atomic mass is 9.85. The van der Waals surface area contributed by atoms with Gasteiger partial charge < -0.3 is 41.4 Å². The maximum absolute atomic E-state index is 14.6. The molecule has 2 aromatic rings. The molecule has 0 bridgehead atoms. The number of ether oxygens (including phenoxy) is 2. The topological polar surface area (TPSA) is 210 Å². The smallest absolute Gasteiger partial charge is 0.407 e. The summed E-state index contributed by atoms with van der Waals surface area (Å²) < 4.78 is 10.5. The molecule has 63 heavy (non-hydrogen) atoms. The number of nitrogens with one attached hydrogen (secondary N) is 6. The molecule has 0 spiro atoms. The van der Waals surface area contributed by atoms with Crippen LogP contribution in [0.15, 0.2) is 60.7 Å². The number of benzene rings is 2. The Kier molecular flexibility index (Phi) is 22.3. The van der Waals surface area contributed by atoms with Crippen LogP contribution in [0.1, 0.15) is 113 Å². The highest BCUT2D eigenvalue weighted by Crippen LogP contribution is 2.22. The minimum Gasteiger partial charge on any atom is -0.467 e. The highest BCUT2D eigenvalue weighted by Gasteiger charge is 2.39. The van der Waals surface area contributed by atoms with Crippen molar-refractivity contribution < 1.29 is 43.0 Å². The second-order valence-electron chi connectivity index (χ2n) is 18.7. The van der Waals surface area contributed by atoms with Crippen molar-refractivity contribution in [2.24, 2.45) is 29.1 Å². The third-order valence-electron chi connectivity index (χ3n) is 10.6. The van der Waals surface area contributed by atoms with Crippen LogP contribution >= 0.6 is 0 Å². The fourth-order valence-electron chi connectivity index (χ4n) is 6.88. The van der Waals surface area contributed by atoms with E-state index in [0.29, 0.717) is 12.8 Å². The average Bonchev–Trinajstić information content (AvgIpc) is 3.21. The van der Waals surface area contributed by atoms with E-state index in [2.05, 4.69) is 31.9 Å². The lowest BCUT2D eigenvalue weighted by Crippen LogP contribution is -2.62. The van der Waals surface area contributed by atoms with E-state index in [1.807, 2.05) is 83.1 Å². The molecule has 0 heterocycles. The zero-order valence-electron chi connectivity index (χ0n) is 39.5. The van der Waals surface area contributed by atoms with Gasteiger partial charge in [-0.3, -0.25) is 24.0 Å². The molecule has 0 saturated heterocycles. The predicted octanol–water partition coefficient (Wildman–Crippen LogP) is 5.35. The zero-order valence-corrected chi connectivity index (χ0v) is 39.5. The minimum atomic E-state index is -1.12. The molecule has 7 atom stereocenters. The molecular weight excluding hydrogens is 805 g/mol. The largest absolute Gasteiger partial charge is 0.467 e. The molecule has 2 rings (SSSR count). The van der Waals surface area contributed by atoms with Gasteiger partial charge in [0.15, 0.2) is 0 Å². The van der Waals surface area contributed by atoms with E-state index in [0.717, 1.165) is 11.1 Å². The van der Waals surface area contributed by atoms with Gasteiger partial charge in [-0.2, -0.15) is 0 Å². The third-order valence-corrected chi connectivity index (χ3v) is 10.6. The Bertz CT molecular complexity index is 1780. The van der Waals surface area contributed by atoms with Crippen molar-refractivity contribution in [3.8, 4) is 0 Å². The first-order valence-corrected chi connectivity index (χ1v) is 22.1. The molecule has 0 radical (unpaired) electrons. The van der Waals surface area contributed by atoms with Crippen molar-refractivity contribution in [1.29, 1.82) is 0 Å². The quantitative estimate of drug-likeness (QED) is 0.0750. The summed E-state index contributed by atoms with van der Waals surface area (Å²) in [6.07, 6.45) is -0.0482. The van der Waals surface area contributed by atoms with Crippen LogP contribution in [-0.2, 0) is 51.3 Å². The van der Waals surface area contributed by atoms with E-state index in [-0.39, 0.29) is 49.0 Å². The van der Waals surface area contributed by atoms with Crippen LogP contribution in [0.25, 0.3) is 0 Å². The van der Waals surface area contributed by atoms with Crippen molar-refractivity contribution in [1.82, 2.24) is 31.9 Å². The Balaban J connectivity index is 2.59. The lowest BCUT2D eigenvalue weighted by molar-refractivity contribution is -0.147. The first-order chi connectivity index (χ1) is 29.6. The number of rotatable bonds is 24. The van der Waals surface area contributed by atoms with Gasteiger partial charge in [0.2, 0.25) is 29.5 Å². The second-order valence-corrected chi connectivity index (χ2v) is 18.7. The normalized spacial score (nSPS) is 14.8. The van der Waals surface area contributed by atoms with Crippen LogP contribution in [0, 0.1) is 29.1 Å². The van der Waals surface area contributed by atoms with Crippen molar-refractivity contribution in [2.45, 2.75) is 151 Å². The van der Waals surface area contributed by atoms with Crippen molar-refractivity contribution >= 4 is 41.6 Å². The second kappa shape index (κ2) is 26.2. The predicted molar refractivity (Wildman–Crippen MR) is 243 cm³/mol. The summed E-state index contributed by atoms with van der Waals surface area (Å²) in [6.45, 7) is 20.2. The van der Waals surface area contributed by atoms with E-state index >= 15 is 0 Å². The molecule has 0 aliphatic heterocycles. The van der Waals surface area contributed by atoms with Crippen LogP contribution < -0.4 is 31.9 Å². The van der Waals surface area contributed by atoms with Gasteiger partial charge in [-0.05, 0) is 53.1 Å². The molecule has 15 heteroatoms. The average molecular weight is 879 g/mol. The van der Waals surface area contributed by atoms with Crippen molar-refractivity contribution in [3.63, 3.8) is 0 Å². The van der Waals surface area contributed by atoms with E-state index in [1.54, 1.807) is 53.7 Å². The minimum absolute atomic E-state index is 0.0485. The van der Waals surface area contributed by atoms with Crippen molar-refractivity contribution in [3.05, 3.63) is 71.8 Å². The first kappa shape index (κ1) is 53.7. The van der Waals surface area contributed by atoms with E-state index < -0.39 is 83.8 Å². The molecule has 7 unspecified atom stereocenters. The van der Waals surface area contributed by atoms with Gasteiger partial charge in [0.25, 0.3) is 0 Å². The Morgan fingerprint density at radius 1 is 0.603 bits per heavy atom. The summed E-state index contributed by atoms with van der Waals surface area (Å²) in [6, 6.07) is 12.1. The molecular formula is C48H74N6O9. The van der Waals surface area contributed by atoms with Crippen LogP contribution in [0.2, 0.25) is 0 Å². The Hall–Kier alpha value is -5.47. The standard InChI is InChI=1S/C48H74N6O9/c1-13-32(8)41(44(58)53-40(31(6)7)46(60)62-12)52-39(56)27-36(51-47(61)63-28-34-22-18-15-19-23-34)35(26-33-20-16-14-17-21-33)50-45(59)42(48(9,10)11)54-43(57)37(24-29(2)3)49-38(55)25-30(4)5/h14-23,29-32,35-37,40-42H,13,24-28H2,1-12H3,(H,49,55)(H,50,59)(H,51,61)(H,52,56)(H,53,58)(H,54,57). The van der Waals surface area contributed by atoms with E-state index in [9.17, 15) is 33.6 Å². The summed E-state index contributed by atoms with van der Waals surface area (Å²) >= 11 is 0. The molecule has 0 aliphatic rings. The zero-order chi connectivity index (χ0) is 47.4. The van der Waals surface area contributed by atoms with E-state index in [4.69, 9.17) is 9.47 Å². The molecule has 2 aromatic carbocycles. The van der Waals surface area contributed by atoms with E-state index in [1.165, 1.54) is 7.11 Å². The maximum atomic E-state index is 14.6. The number of carbonyl (C=O) groups excluding carboxylic acids is 7. The van der Waals surface area contributed by atoms with Crippen LogP contribution in [0.5, 0.6) is 0 Å². The monoisotopic (exact) mass is 879 g/mol. The first-order valence-electron chi connectivity index (χ1n) is 22.1. The molecule has 6 N–H and O–H groups in total. The number of hydrogen-bond acceptors (Lipinski definition) is 9. The SMILES string of the molecule is CCC(C)C(NC(=O)CC(NC(=O)OCc1ccccc1)C(Cc1ccccc1)NC(=O)C(NC(=O)C(CC(C)C)NC(=O)CC(C)C)C(C)(C)C)C(=O)NC(C(=O)OC)C(C)C. The fourth-order valence-corrected chi connectivity index (χ4v) is 6.88. The summed E-state index contributed by atoms with van der Waals surface area (Å²) in [5, 5.41) is 17.2. The van der Waals surface area contributed by atoms with Crippen LogP contribution in [0.4, 0.5) is 4.79 Å². The fraction of sp³-hybridized carbons (Fsp3) is 0.604. The molecule has 0 fully saturated rings. The Labute approximate surface area is 374 Å². The maximum Gasteiger partial charge on any atom is 0.407 e. The summed E-state index contributed by atoms with van der Waals surface area (Å²) in [5.41, 5.74) is 0.656. The van der Waals surface area contributed by atoms with Gasteiger partial charge in [-0.1, -0.05) is 143 Å². The van der Waals surface area contributed by atoms with Gasteiger partial charge >= 0.3 is 12.1 Å². The molecule has 15 nitrogen and oxygen atoms in total. The Morgan fingerprint density at radius 2 is 1.17 bits per heavy atom. The summed E-state index contributed by atoms with van der Waals surface area (Å²) in [4.78, 5) is 95.5. The van der Waals surface area contributed by atoms with Crippen LogP contribution in [-0.4, -0.2) is 85.0 Å². The van der Waals surface area contributed by atoms with Gasteiger partial charge in [-0.15, -0.1) is 0 Å². The summed E-state index contributed by atoms with van der Waals surface area (Å²) in [5.74, 6) is -3.75. The number of hydrogen-bond donors (Lipinski definition) is 6. The van der Waals surface area contributed by atoms with Gasteiger partial charge in [0, 0.05) is 12.8 Å². The molecule has 6 amide bonds. The lowest BCUT2D eigenvalue weighted by Gasteiger charge is -2.35. The van der Waals surface area contributed by atoms with Gasteiger partial charge in [0.1, 0.15) is 30.8 Å². The third kappa shape index (κ3) is 19.2. The van der Waals surface area contributed by atoms with Crippen LogP contribution in [0.3, 0.4) is 0 Å². The number of amides is 6. The van der Waals surface area contributed by atoms with Crippen molar-refractivity contribution in [2.75, 3.05) is 7.11 Å². The Morgan fingerprint density at radius 3 is 1.68 bits per heavy atom. The highest BCUT2D eigenvalue weighted by molar-refractivity contribution is 5.93. The van der Waals surface area contributed by atoms with Gasteiger partial charge in [0.05, 0.1) is 19.2 Å². The number of carbonyl (C=O) groups is 7. The summed E-state index contributed by atoms with van der Waals surface area (Å²) in [7, 11) is 1.23. The number of esters is 1. The number of methoxy groups -OCH3 is 1. The number of alkyl carbamates (subject to hydrolysis) is 1. The molecule has 0 saturated carbocycles.